The SMILES string of the molecule is NCCC(c1cccnc1)N1CCN(c2ccccc2)CC1. The molecule has 2 N–H and O–H groups in total. The van der Waals surface area contributed by atoms with Crippen LogP contribution in [0.3, 0.4) is 0 Å². The number of hydrogen-bond acceptors (Lipinski definition) is 4. The van der Waals surface area contributed by atoms with Crippen molar-refractivity contribution in [3.05, 3.63) is 60.4 Å². The summed E-state index contributed by atoms with van der Waals surface area (Å²) in [5.74, 6) is 0. The predicted octanol–water partition coefficient (Wildman–Crippen LogP) is 2.29. The van der Waals surface area contributed by atoms with Crippen LogP contribution in [-0.2, 0) is 0 Å². The predicted molar refractivity (Wildman–Crippen MR) is 90.9 cm³/mol. The van der Waals surface area contributed by atoms with E-state index in [1.165, 1.54) is 11.3 Å². The fourth-order valence-electron chi connectivity index (χ4n) is 3.22. The molecule has 1 aromatic carbocycles. The Labute approximate surface area is 132 Å². The molecule has 4 heteroatoms. The molecule has 4 nitrogen and oxygen atoms in total. The Kier molecular flexibility index (Phi) is 5.03. The minimum atomic E-state index is 0.386. The highest BCUT2D eigenvalue weighted by molar-refractivity contribution is 5.46. The highest BCUT2D eigenvalue weighted by Gasteiger charge is 2.24. The molecular formula is C18H24N4. The first-order chi connectivity index (χ1) is 10.9. The lowest BCUT2D eigenvalue weighted by Crippen LogP contribution is -2.48. The van der Waals surface area contributed by atoms with Crippen molar-refractivity contribution >= 4 is 5.69 Å². The second kappa shape index (κ2) is 7.38. The first-order valence-electron chi connectivity index (χ1n) is 8.02. The minimum absolute atomic E-state index is 0.386. The van der Waals surface area contributed by atoms with Crippen molar-refractivity contribution in [2.24, 2.45) is 5.73 Å². The Bertz CT molecular complexity index is 550. The average Bonchev–Trinajstić information content (AvgIpc) is 2.61. The van der Waals surface area contributed by atoms with E-state index in [1.807, 2.05) is 18.5 Å². The number of nitrogens with two attached hydrogens (primary N) is 1. The third-order valence-electron chi connectivity index (χ3n) is 4.39. The monoisotopic (exact) mass is 296 g/mol. The van der Waals surface area contributed by atoms with E-state index in [4.69, 9.17) is 5.73 Å². The lowest BCUT2D eigenvalue weighted by Gasteiger charge is -2.40. The molecule has 0 saturated carbocycles. The van der Waals surface area contributed by atoms with Crippen LogP contribution in [0.25, 0.3) is 0 Å². The fourth-order valence-corrected chi connectivity index (χ4v) is 3.22. The van der Waals surface area contributed by atoms with Crippen molar-refractivity contribution in [2.75, 3.05) is 37.6 Å². The summed E-state index contributed by atoms with van der Waals surface area (Å²) in [5, 5.41) is 0. The van der Waals surface area contributed by atoms with Crippen LogP contribution < -0.4 is 10.6 Å². The van der Waals surface area contributed by atoms with E-state index >= 15 is 0 Å². The second-order valence-electron chi connectivity index (χ2n) is 5.74. The Balaban J connectivity index is 1.66. The van der Waals surface area contributed by atoms with Gasteiger partial charge in [0.25, 0.3) is 0 Å². The van der Waals surface area contributed by atoms with Gasteiger partial charge in [-0.1, -0.05) is 24.3 Å². The fraction of sp³-hybridized carbons (Fsp3) is 0.389. The number of benzene rings is 1. The van der Waals surface area contributed by atoms with Crippen LogP contribution in [0, 0.1) is 0 Å². The maximum Gasteiger partial charge on any atom is 0.0376 e. The summed E-state index contributed by atoms with van der Waals surface area (Å²) in [6.45, 7) is 4.96. The van der Waals surface area contributed by atoms with Gasteiger partial charge < -0.3 is 10.6 Å². The number of piperazine rings is 1. The van der Waals surface area contributed by atoms with Gasteiger partial charge in [0.15, 0.2) is 0 Å². The zero-order chi connectivity index (χ0) is 15.2. The maximum atomic E-state index is 5.83. The molecule has 2 heterocycles. The van der Waals surface area contributed by atoms with Crippen LogP contribution in [0.15, 0.2) is 54.9 Å². The number of anilines is 1. The van der Waals surface area contributed by atoms with Gasteiger partial charge in [0.05, 0.1) is 0 Å². The van der Waals surface area contributed by atoms with Crippen LogP contribution >= 0.6 is 0 Å². The molecule has 1 fully saturated rings. The summed E-state index contributed by atoms with van der Waals surface area (Å²) < 4.78 is 0. The van der Waals surface area contributed by atoms with Gasteiger partial charge in [-0.25, -0.2) is 0 Å². The molecule has 1 atom stereocenters. The van der Waals surface area contributed by atoms with Crippen LogP contribution in [0.2, 0.25) is 0 Å². The average molecular weight is 296 g/mol. The lowest BCUT2D eigenvalue weighted by atomic mass is 10.0. The van der Waals surface area contributed by atoms with E-state index < -0.39 is 0 Å². The summed E-state index contributed by atoms with van der Waals surface area (Å²) in [6, 6.07) is 15.2. The molecule has 0 aliphatic carbocycles. The summed E-state index contributed by atoms with van der Waals surface area (Å²) in [5.41, 5.74) is 8.43. The molecule has 0 radical (unpaired) electrons. The number of hydrogen-bond donors (Lipinski definition) is 1. The zero-order valence-corrected chi connectivity index (χ0v) is 12.9. The Morgan fingerprint density at radius 3 is 2.41 bits per heavy atom. The van der Waals surface area contributed by atoms with Gasteiger partial charge in [-0.2, -0.15) is 0 Å². The van der Waals surface area contributed by atoms with Crippen molar-refractivity contribution in [2.45, 2.75) is 12.5 Å². The highest BCUT2D eigenvalue weighted by atomic mass is 15.3. The van der Waals surface area contributed by atoms with E-state index in [-0.39, 0.29) is 0 Å². The Hall–Kier alpha value is -1.91. The first-order valence-corrected chi connectivity index (χ1v) is 8.02. The minimum Gasteiger partial charge on any atom is -0.369 e. The van der Waals surface area contributed by atoms with Gasteiger partial charge in [-0.05, 0) is 36.7 Å². The molecule has 3 rings (SSSR count). The molecule has 1 aliphatic heterocycles. The number of pyridine rings is 1. The van der Waals surface area contributed by atoms with Crippen molar-refractivity contribution in [3.8, 4) is 0 Å². The normalized spacial score (nSPS) is 17.4. The molecule has 0 amide bonds. The van der Waals surface area contributed by atoms with E-state index in [0.717, 1.165) is 32.6 Å². The van der Waals surface area contributed by atoms with Crippen molar-refractivity contribution < 1.29 is 0 Å². The van der Waals surface area contributed by atoms with Gasteiger partial charge in [0.1, 0.15) is 0 Å². The van der Waals surface area contributed by atoms with Gasteiger partial charge >= 0.3 is 0 Å². The summed E-state index contributed by atoms with van der Waals surface area (Å²) in [6.07, 6.45) is 4.79. The molecule has 0 spiro atoms. The number of nitrogens with zero attached hydrogens (tertiary/aromatic N) is 3. The standard InChI is InChI=1S/C18H24N4/c19-9-8-18(16-5-4-10-20-15-16)22-13-11-21(12-14-22)17-6-2-1-3-7-17/h1-7,10,15,18H,8-9,11-14,19H2. The van der Waals surface area contributed by atoms with Gasteiger partial charge in [-0.15, -0.1) is 0 Å². The summed E-state index contributed by atoms with van der Waals surface area (Å²) in [4.78, 5) is 9.27. The zero-order valence-electron chi connectivity index (χ0n) is 12.9. The highest BCUT2D eigenvalue weighted by Crippen LogP contribution is 2.25. The van der Waals surface area contributed by atoms with Crippen LogP contribution in [0.4, 0.5) is 5.69 Å². The number of aromatic nitrogens is 1. The largest absolute Gasteiger partial charge is 0.369 e. The van der Waals surface area contributed by atoms with Crippen molar-refractivity contribution in [1.29, 1.82) is 0 Å². The third-order valence-corrected chi connectivity index (χ3v) is 4.39. The first kappa shape index (κ1) is 15.0. The van der Waals surface area contributed by atoms with E-state index in [2.05, 4.69) is 51.2 Å². The lowest BCUT2D eigenvalue weighted by molar-refractivity contribution is 0.178. The summed E-state index contributed by atoms with van der Waals surface area (Å²) in [7, 11) is 0. The molecular weight excluding hydrogens is 272 g/mol. The quantitative estimate of drug-likeness (QED) is 0.919. The van der Waals surface area contributed by atoms with Crippen molar-refractivity contribution in [1.82, 2.24) is 9.88 Å². The molecule has 1 saturated heterocycles. The van der Waals surface area contributed by atoms with Crippen LogP contribution in [0.1, 0.15) is 18.0 Å². The van der Waals surface area contributed by atoms with E-state index in [9.17, 15) is 0 Å². The second-order valence-corrected chi connectivity index (χ2v) is 5.74. The smallest absolute Gasteiger partial charge is 0.0376 e. The molecule has 2 aromatic rings. The van der Waals surface area contributed by atoms with Gasteiger partial charge in [0.2, 0.25) is 0 Å². The molecule has 116 valence electrons. The molecule has 0 bridgehead atoms. The Morgan fingerprint density at radius 2 is 1.77 bits per heavy atom. The summed E-state index contributed by atoms with van der Waals surface area (Å²) >= 11 is 0. The molecule has 1 unspecified atom stereocenters. The molecule has 22 heavy (non-hydrogen) atoms. The van der Waals surface area contributed by atoms with Crippen molar-refractivity contribution in [3.63, 3.8) is 0 Å². The number of rotatable bonds is 5. The molecule has 1 aliphatic rings. The van der Waals surface area contributed by atoms with E-state index in [1.54, 1.807) is 0 Å². The Morgan fingerprint density at radius 1 is 1.00 bits per heavy atom. The topological polar surface area (TPSA) is 45.4 Å². The number of para-hydroxylation sites is 1. The van der Waals surface area contributed by atoms with E-state index in [0.29, 0.717) is 12.6 Å². The van der Waals surface area contributed by atoms with Gasteiger partial charge in [-0.3, -0.25) is 9.88 Å². The third kappa shape index (κ3) is 3.46. The van der Waals surface area contributed by atoms with Crippen LogP contribution in [-0.4, -0.2) is 42.6 Å². The molecule has 1 aromatic heterocycles. The van der Waals surface area contributed by atoms with Crippen LogP contribution in [0.5, 0.6) is 0 Å². The van der Waals surface area contributed by atoms with Gasteiger partial charge in [0, 0.05) is 50.3 Å². The maximum absolute atomic E-state index is 5.83.